The van der Waals surface area contributed by atoms with Gasteiger partial charge >= 0.3 is 0 Å². The average molecular weight is 397 g/mol. The van der Waals surface area contributed by atoms with Crippen LogP contribution in [0, 0.1) is 19.7 Å². The first-order valence-corrected chi connectivity index (χ1v) is 9.78. The van der Waals surface area contributed by atoms with Gasteiger partial charge in [0, 0.05) is 24.5 Å². The molecular formula is C19H20FN7S. The Hall–Kier alpha value is -2.94. The summed E-state index contributed by atoms with van der Waals surface area (Å²) in [6, 6.07) is 6.97. The molecule has 4 heterocycles. The summed E-state index contributed by atoms with van der Waals surface area (Å²) in [4.78, 5) is 4.06. The van der Waals surface area contributed by atoms with E-state index in [0.717, 1.165) is 27.1 Å². The summed E-state index contributed by atoms with van der Waals surface area (Å²) in [5, 5.41) is 19.5. The Morgan fingerprint density at radius 1 is 1.18 bits per heavy atom. The van der Waals surface area contributed by atoms with Crippen LogP contribution in [0.25, 0.3) is 0 Å². The summed E-state index contributed by atoms with van der Waals surface area (Å²) >= 11 is 1.56. The highest BCUT2D eigenvalue weighted by Gasteiger charge is 2.17. The van der Waals surface area contributed by atoms with Gasteiger partial charge in [-0.3, -0.25) is 14.3 Å². The molecule has 7 nitrogen and oxygen atoms in total. The lowest BCUT2D eigenvalue weighted by Gasteiger charge is -2.10. The summed E-state index contributed by atoms with van der Waals surface area (Å²) in [6.07, 6.45) is 3.98. The van der Waals surface area contributed by atoms with Crippen LogP contribution in [0.5, 0.6) is 0 Å². The Bertz CT molecular complexity index is 1100. The molecule has 0 saturated heterocycles. The lowest BCUT2D eigenvalue weighted by atomic mass is 10.3. The highest BCUT2D eigenvalue weighted by atomic mass is 32.1. The molecule has 0 amide bonds. The van der Waals surface area contributed by atoms with Gasteiger partial charge in [0.15, 0.2) is 0 Å². The second-order valence-electron chi connectivity index (χ2n) is 6.70. The zero-order chi connectivity index (χ0) is 19.7. The van der Waals surface area contributed by atoms with Gasteiger partial charge in [0.1, 0.15) is 21.9 Å². The molecule has 1 unspecified atom stereocenters. The van der Waals surface area contributed by atoms with Gasteiger partial charge in [0.05, 0.1) is 23.6 Å². The molecule has 0 aliphatic rings. The van der Waals surface area contributed by atoms with E-state index < -0.39 is 0 Å². The van der Waals surface area contributed by atoms with Crippen LogP contribution in [0.15, 0.2) is 36.7 Å². The van der Waals surface area contributed by atoms with Crippen molar-refractivity contribution in [2.75, 3.05) is 0 Å². The highest BCUT2D eigenvalue weighted by molar-refractivity contribution is 7.11. The van der Waals surface area contributed by atoms with E-state index >= 15 is 0 Å². The summed E-state index contributed by atoms with van der Waals surface area (Å²) in [7, 11) is 0. The quantitative estimate of drug-likeness (QED) is 0.499. The van der Waals surface area contributed by atoms with Crippen LogP contribution in [0.1, 0.15) is 45.8 Å². The number of nitrogens with zero attached hydrogens (tertiary/aromatic N) is 7. The smallest absolute Gasteiger partial charge is 0.146 e. The minimum absolute atomic E-state index is 0.0321. The van der Waals surface area contributed by atoms with Gasteiger partial charge in [-0.1, -0.05) is 11.3 Å². The third kappa shape index (κ3) is 3.84. The molecule has 1 atom stereocenters. The average Bonchev–Trinajstić information content (AvgIpc) is 3.38. The van der Waals surface area contributed by atoms with Gasteiger partial charge in [-0.05, 0) is 45.0 Å². The van der Waals surface area contributed by atoms with Crippen LogP contribution in [0.2, 0.25) is 0 Å². The number of hydrogen-bond acceptors (Lipinski definition) is 6. The van der Waals surface area contributed by atoms with Crippen molar-refractivity contribution in [3.63, 3.8) is 0 Å². The molecule has 4 rings (SSSR count). The maximum atomic E-state index is 13.7. The molecule has 0 radical (unpaired) electrons. The molecule has 0 fully saturated rings. The molecule has 4 aromatic heterocycles. The predicted octanol–water partition coefficient (Wildman–Crippen LogP) is 3.33. The van der Waals surface area contributed by atoms with Crippen molar-refractivity contribution in [3.05, 3.63) is 75.3 Å². The fourth-order valence-corrected chi connectivity index (χ4v) is 3.97. The van der Waals surface area contributed by atoms with Crippen LogP contribution in [0.3, 0.4) is 0 Å². The Morgan fingerprint density at radius 3 is 2.79 bits per heavy atom. The lowest BCUT2D eigenvalue weighted by molar-refractivity contribution is 0.540. The monoisotopic (exact) mass is 397 g/mol. The molecule has 9 heteroatoms. The number of aromatic nitrogens is 7. The van der Waals surface area contributed by atoms with E-state index in [1.165, 1.54) is 6.07 Å². The number of hydrogen-bond donors (Lipinski definition) is 0. The van der Waals surface area contributed by atoms with Crippen molar-refractivity contribution in [2.24, 2.45) is 0 Å². The fourth-order valence-electron chi connectivity index (χ4n) is 3.08. The molecular weight excluding hydrogens is 377 g/mol. The van der Waals surface area contributed by atoms with Crippen LogP contribution in [0.4, 0.5) is 4.39 Å². The fraction of sp³-hybridized carbons (Fsp3) is 0.316. The number of pyridine rings is 1. The van der Waals surface area contributed by atoms with E-state index in [1.807, 2.05) is 30.8 Å². The Morgan fingerprint density at radius 2 is 2.04 bits per heavy atom. The van der Waals surface area contributed by atoms with E-state index in [0.29, 0.717) is 18.7 Å². The highest BCUT2D eigenvalue weighted by Crippen LogP contribution is 2.24. The van der Waals surface area contributed by atoms with Crippen LogP contribution < -0.4 is 0 Å². The largest absolute Gasteiger partial charge is 0.266 e. The third-order valence-electron chi connectivity index (χ3n) is 4.43. The summed E-state index contributed by atoms with van der Waals surface area (Å²) < 4.78 is 17.4. The Balaban J connectivity index is 1.45. The normalized spacial score (nSPS) is 12.4. The zero-order valence-corrected chi connectivity index (χ0v) is 16.7. The van der Waals surface area contributed by atoms with E-state index in [4.69, 9.17) is 0 Å². The van der Waals surface area contributed by atoms with E-state index in [2.05, 4.69) is 38.4 Å². The number of rotatable bonds is 6. The minimum Gasteiger partial charge on any atom is -0.266 e. The van der Waals surface area contributed by atoms with Gasteiger partial charge in [-0.25, -0.2) is 4.39 Å². The van der Waals surface area contributed by atoms with Crippen molar-refractivity contribution in [2.45, 2.75) is 39.8 Å². The molecule has 0 bridgehead atoms. The van der Waals surface area contributed by atoms with Crippen molar-refractivity contribution < 1.29 is 4.39 Å². The first-order chi connectivity index (χ1) is 13.5. The van der Waals surface area contributed by atoms with Crippen molar-refractivity contribution >= 4 is 11.3 Å². The van der Waals surface area contributed by atoms with Gasteiger partial charge in [-0.2, -0.15) is 10.2 Å². The number of halogens is 1. The molecule has 0 aliphatic carbocycles. The molecule has 4 aromatic rings. The van der Waals surface area contributed by atoms with Crippen LogP contribution in [-0.2, 0) is 13.0 Å². The summed E-state index contributed by atoms with van der Waals surface area (Å²) in [6.45, 7) is 6.38. The second-order valence-corrected chi connectivity index (χ2v) is 7.79. The maximum absolute atomic E-state index is 13.7. The summed E-state index contributed by atoms with van der Waals surface area (Å²) in [5.74, 6) is -0.327. The van der Waals surface area contributed by atoms with E-state index in [1.54, 1.807) is 28.3 Å². The molecule has 0 saturated carbocycles. The molecule has 0 aliphatic heterocycles. The zero-order valence-electron chi connectivity index (χ0n) is 15.9. The van der Waals surface area contributed by atoms with Crippen molar-refractivity contribution in [3.8, 4) is 0 Å². The van der Waals surface area contributed by atoms with Crippen LogP contribution in [-0.4, -0.2) is 34.7 Å². The lowest BCUT2D eigenvalue weighted by Crippen LogP contribution is -2.10. The second kappa shape index (κ2) is 7.59. The SMILES string of the molecule is Cc1cc(C)n(C(C)c2nnc(Cc3ccn(Cc4ncccc4F)n3)s2)n1. The van der Waals surface area contributed by atoms with Gasteiger partial charge in [0.25, 0.3) is 0 Å². The first kappa shape index (κ1) is 18.4. The van der Waals surface area contributed by atoms with Crippen molar-refractivity contribution in [1.82, 2.24) is 34.7 Å². The summed E-state index contributed by atoms with van der Waals surface area (Å²) in [5.41, 5.74) is 3.32. The molecule has 0 spiro atoms. The predicted molar refractivity (Wildman–Crippen MR) is 104 cm³/mol. The maximum Gasteiger partial charge on any atom is 0.146 e. The van der Waals surface area contributed by atoms with Crippen LogP contribution >= 0.6 is 11.3 Å². The first-order valence-electron chi connectivity index (χ1n) is 8.96. The molecule has 28 heavy (non-hydrogen) atoms. The van der Waals surface area contributed by atoms with Gasteiger partial charge in [-0.15, -0.1) is 10.2 Å². The van der Waals surface area contributed by atoms with Crippen molar-refractivity contribution in [1.29, 1.82) is 0 Å². The Labute approximate surface area is 165 Å². The third-order valence-corrected chi connectivity index (χ3v) is 5.52. The van der Waals surface area contributed by atoms with E-state index in [9.17, 15) is 4.39 Å². The van der Waals surface area contributed by atoms with Gasteiger partial charge in [0.2, 0.25) is 0 Å². The number of aryl methyl sites for hydroxylation is 2. The Kier molecular flexibility index (Phi) is 4.99. The topological polar surface area (TPSA) is 74.3 Å². The molecule has 0 aromatic carbocycles. The van der Waals surface area contributed by atoms with E-state index in [-0.39, 0.29) is 11.9 Å². The van der Waals surface area contributed by atoms with Gasteiger partial charge < -0.3 is 0 Å². The molecule has 144 valence electrons. The standard InChI is InChI=1S/C19H20FN7S/c1-12-9-13(2)27(24-12)14(3)19-23-22-18(28-19)10-15-6-8-26(25-15)11-17-16(20)5-4-7-21-17/h4-9,14H,10-11H2,1-3H3. The minimum atomic E-state index is -0.327. The molecule has 0 N–H and O–H groups in total.